The van der Waals surface area contributed by atoms with Crippen LogP contribution in [-0.4, -0.2) is 46.0 Å². The van der Waals surface area contributed by atoms with Gasteiger partial charge in [0, 0.05) is 17.8 Å². The molecule has 1 aliphatic rings. The Labute approximate surface area is 147 Å². The Bertz CT molecular complexity index is 905. The van der Waals surface area contributed by atoms with Crippen LogP contribution in [0.15, 0.2) is 24.3 Å². The van der Waals surface area contributed by atoms with Crippen molar-refractivity contribution in [1.29, 1.82) is 5.26 Å². The minimum absolute atomic E-state index is 0.173. The third-order valence-electron chi connectivity index (χ3n) is 5.07. The summed E-state index contributed by atoms with van der Waals surface area (Å²) in [5, 5.41) is 23.9. The fraction of sp³-hybridized carbons (Fsp3) is 0.438. The molecule has 1 aliphatic heterocycles. The first-order valence-corrected chi connectivity index (χ1v) is 8.83. The van der Waals surface area contributed by atoms with Gasteiger partial charge in [-0.15, -0.1) is 0 Å². The van der Waals surface area contributed by atoms with E-state index in [1.54, 1.807) is 11.6 Å². The van der Waals surface area contributed by atoms with Crippen LogP contribution in [0.4, 0.5) is 0 Å². The summed E-state index contributed by atoms with van der Waals surface area (Å²) in [6.45, 7) is 3.65. The monoisotopic (exact) mass is 362 g/mol. The number of aromatic nitrogens is 2. The maximum Gasteiger partial charge on any atom is 0.309 e. The first kappa shape index (κ1) is 17.5. The van der Waals surface area contributed by atoms with E-state index in [4.69, 9.17) is 5.11 Å². The Balaban J connectivity index is 2.13. The Morgan fingerprint density at radius 2 is 2.20 bits per heavy atom. The number of fused-ring (bicyclic) bond motifs is 1. The number of aliphatic carboxylic acids is 1. The fourth-order valence-corrected chi connectivity index (χ4v) is 4.29. The summed E-state index contributed by atoms with van der Waals surface area (Å²) in [5.41, 5.74) is 0.0728. The molecule has 3 rings (SSSR count). The van der Waals surface area contributed by atoms with Gasteiger partial charge in [-0.3, -0.25) is 14.0 Å². The fourth-order valence-electron chi connectivity index (χ4n) is 3.47. The molecule has 25 heavy (non-hydrogen) atoms. The first-order valence-electron chi connectivity index (χ1n) is 7.77. The summed E-state index contributed by atoms with van der Waals surface area (Å²) in [7, 11) is 0. The highest BCUT2D eigenvalue weighted by atomic mass is 32.2. The SMILES string of the molecule is C[C@H]1[C@@H](n2nc(CC(=O)O)c3ccccc32)CN(S(=O)O)[C@@]1(C)C#N. The van der Waals surface area contributed by atoms with Crippen molar-refractivity contribution in [2.75, 3.05) is 6.54 Å². The second-order valence-corrected chi connectivity index (χ2v) is 7.29. The summed E-state index contributed by atoms with van der Waals surface area (Å²) in [4.78, 5) is 11.1. The van der Waals surface area contributed by atoms with Crippen LogP contribution in [0.5, 0.6) is 0 Å². The summed E-state index contributed by atoms with van der Waals surface area (Å²) < 4.78 is 24.2. The lowest BCUT2D eigenvalue weighted by atomic mass is 9.88. The zero-order valence-corrected chi connectivity index (χ0v) is 14.6. The maximum absolute atomic E-state index is 11.7. The van der Waals surface area contributed by atoms with E-state index in [0.29, 0.717) is 5.69 Å². The molecule has 0 bridgehead atoms. The van der Waals surface area contributed by atoms with Gasteiger partial charge in [0.15, 0.2) is 0 Å². The van der Waals surface area contributed by atoms with Crippen molar-refractivity contribution in [3.8, 4) is 6.07 Å². The quantitative estimate of drug-likeness (QED) is 0.797. The van der Waals surface area contributed by atoms with Gasteiger partial charge >= 0.3 is 5.97 Å². The number of carboxylic acids is 1. The van der Waals surface area contributed by atoms with Crippen LogP contribution in [0.25, 0.3) is 10.9 Å². The topological polar surface area (TPSA) is 119 Å². The van der Waals surface area contributed by atoms with Crippen molar-refractivity contribution >= 4 is 28.1 Å². The number of carbonyl (C=O) groups is 1. The summed E-state index contributed by atoms with van der Waals surface area (Å²) in [5.74, 6) is -1.26. The zero-order valence-electron chi connectivity index (χ0n) is 13.8. The molecular weight excluding hydrogens is 344 g/mol. The Morgan fingerprint density at radius 1 is 1.52 bits per heavy atom. The van der Waals surface area contributed by atoms with Crippen LogP contribution in [-0.2, 0) is 22.5 Å². The third-order valence-corrected chi connectivity index (χ3v) is 5.98. The Hall–Kier alpha value is -2.28. The van der Waals surface area contributed by atoms with Gasteiger partial charge in [-0.2, -0.15) is 14.7 Å². The van der Waals surface area contributed by atoms with E-state index in [0.717, 1.165) is 10.9 Å². The first-order chi connectivity index (χ1) is 11.8. The lowest BCUT2D eigenvalue weighted by molar-refractivity contribution is -0.136. The van der Waals surface area contributed by atoms with Gasteiger partial charge in [-0.05, 0) is 13.0 Å². The maximum atomic E-state index is 11.7. The Kier molecular flexibility index (Phi) is 4.36. The van der Waals surface area contributed by atoms with Crippen molar-refractivity contribution in [3.63, 3.8) is 0 Å². The summed E-state index contributed by atoms with van der Waals surface area (Å²) in [6, 6.07) is 9.11. The Morgan fingerprint density at radius 3 is 2.76 bits per heavy atom. The molecule has 9 heteroatoms. The highest BCUT2D eigenvalue weighted by Gasteiger charge is 2.52. The van der Waals surface area contributed by atoms with Crippen molar-refractivity contribution in [2.24, 2.45) is 5.92 Å². The standard InChI is InChI=1S/C16H18N4O4S/c1-10-14(8-19(25(23)24)16(10,2)9-17)20-13-6-4-3-5-11(13)12(18-20)7-15(21)22/h3-6,10,14H,7-8H2,1-2H3,(H,21,22)(H,23,24)/t10-,14-,16-/m0/s1. The number of hydrogen-bond donors (Lipinski definition) is 2. The summed E-state index contributed by atoms with van der Waals surface area (Å²) >= 11 is -2.29. The molecule has 0 saturated carbocycles. The second-order valence-electron chi connectivity index (χ2n) is 6.39. The zero-order chi connectivity index (χ0) is 18.4. The van der Waals surface area contributed by atoms with E-state index >= 15 is 0 Å². The average Bonchev–Trinajstić information content (AvgIpc) is 3.04. The number of rotatable bonds is 4. The molecule has 1 fully saturated rings. The minimum atomic E-state index is -2.29. The normalized spacial score (nSPS) is 28.1. The highest BCUT2D eigenvalue weighted by molar-refractivity contribution is 7.76. The molecule has 1 unspecified atom stereocenters. The van der Waals surface area contributed by atoms with E-state index < -0.39 is 22.8 Å². The van der Waals surface area contributed by atoms with E-state index in [2.05, 4.69) is 11.2 Å². The molecule has 1 aromatic heterocycles. The summed E-state index contributed by atoms with van der Waals surface area (Å²) in [6.07, 6.45) is -0.209. The van der Waals surface area contributed by atoms with Crippen molar-refractivity contribution in [2.45, 2.75) is 31.8 Å². The van der Waals surface area contributed by atoms with Gasteiger partial charge in [-0.1, -0.05) is 25.1 Å². The molecule has 0 radical (unpaired) electrons. The van der Waals surface area contributed by atoms with Crippen molar-refractivity contribution in [1.82, 2.24) is 14.1 Å². The molecule has 2 aromatic rings. The van der Waals surface area contributed by atoms with Crippen LogP contribution in [0.3, 0.4) is 0 Å². The molecule has 132 valence electrons. The van der Waals surface area contributed by atoms with Crippen LogP contribution in [0.1, 0.15) is 25.6 Å². The molecule has 1 aromatic carbocycles. The number of hydrogen-bond acceptors (Lipinski definition) is 4. The third kappa shape index (κ3) is 2.72. The lowest BCUT2D eigenvalue weighted by Gasteiger charge is -2.28. The van der Waals surface area contributed by atoms with Crippen LogP contribution >= 0.6 is 0 Å². The van der Waals surface area contributed by atoms with E-state index in [1.165, 1.54) is 4.31 Å². The number of benzene rings is 1. The van der Waals surface area contributed by atoms with E-state index in [1.807, 2.05) is 31.2 Å². The van der Waals surface area contributed by atoms with Crippen LogP contribution in [0, 0.1) is 17.2 Å². The largest absolute Gasteiger partial charge is 0.481 e. The highest BCUT2D eigenvalue weighted by Crippen LogP contribution is 2.42. The number of nitriles is 1. The average molecular weight is 362 g/mol. The molecule has 1 saturated heterocycles. The van der Waals surface area contributed by atoms with Crippen molar-refractivity contribution < 1.29 is 18.7 Å². The van der Waals surface area contributed by atoms with E-state index in [-0.39, 0.29) is 24.9 Å². The smallest absolute Gasteiger partial charge is 0.309 e. The predicted molar refractivity (Wildman–Crippen MR) is 90.8 cm³/mol. The van der Waals surface area contributed by atoms with Gasteiger partial charge in [0.05, 0.1) is 29.7 Å². The molecule has 2 N–H and O–H groups in total. The number of nitrogens with zero attached hydrogens (tertiary/aromatic N) is 4. The van der Waals surface area contributed by atoms with Crippen LogP contribution in [0.2, 0.25) is 0 Å². The molecular formula is C16H18N4O4S. The van der Waals surface area contributed by atoms with Gasteiger partial charge in [0.2, 0.25) is 11.3 Å². The van der Waals surface area contributed by atoms with E-state index in [9.17, 15) is 18.8 Å². The lowest BCUT2D eigenvalue weighted by Crippen LogP contribution is -2.44. The van der Waals surface area contributed by atoms with Gasteiger partial charge in [-0.25, -0.2) is 4.21 Å². The molecule has 0 aliphatic carbocycles. The molecule has 2 heterocycles. The van der Waals surface area contributed by atoms with Gasteiger partial charge < -0.3 is 5.11 Å². The molecule has 0 amide bonds. The van der Waals surface area contributed by atoms with Gasteiger partial charge in [0.1, 0.15) is 5.54 Å². The number of para-hydroxylation sites is 1. The number of carboxylic acid groups (broad SMARTS) is 1. The van der Waals surface area contributed by atoms with Crippen LogP contribution < -0.4 is 0 Å². The minimum Gasteiger partial charge on any atom is -0.481 e. The molecule has 4 atom stereocenters. The van der Waals surface area contributed by atoms with Crippen molar-refractivity contribution in [3.05, 3.63) is 30.0 Å². The van der Waals surface area contributed by atoms with Gasteiger partial charge in [0.25, 0.3) is 0 Å². The molecule has 0 spiro atoms. The molecule has 8 nitrogen and oxygen atoms in total. The second kappa shape index (κ2) is 6.22. The predicted octanol–water partition coefficient (Wildman–Crippen LogP) is 1.58.